The second-order valence-corrected chi connectivity index (χ2v) is 4.12. The predicted octanol–water partition coefficient (Wildman–Crippen LogP) is 2.80. The highest BCUT2D eigenvalue weighted by atomic mass is 19.1. The third-order valence-corrected chi connectivity index (χ3v) is 2.64. The molecule has 3 N–H and O–H groups in total. The number of aryl methyl sites for hydroxylation is 1. The van der Waals surface area contributed by atoms with Gasteiger partial charge in [-0.2, -0.15) is 0 Å². The number of carbonyl (C=O) groups is 1. The molecule has 0 saturated heterocycles. The van der Waals surface area contributed by atoms with Gasteiger partial charge in [-0.15, -0.1) is 0 Å². The summed E-state index contributed by atoms with van der Waals surface area (Å²) in [6.07, 6.45) is 0. The van der Waals surface area contributed by atoms with E-state index < -0.39 is 5.91 Å². The van der Waals surface area contributed by atoms with Crippen molar-refractivity contribution in [3.63, 3.8) is 0 Å². The highest BCUT2D eigenvalue weighted by molar-refractivity contribution is 6.06. The zero-order chi connectivity index (χ0) is 14.0. The number of carbonyl (C=O) groups excluding carboxylic acids is 1. The van der Waals surface area contributed by atoms with Crippen molar-refractivity contribution in [2.75, 3.05) is 5.32 Å². The molecule has 0 aromatic heterocycles. The lowest BCUT2D eigenvalue weighted by Crippen LogP contribution is -2.12. The van der Waals surface area contributed by atoms with E-state index in [4.69, 9.17) is 0 Å². The van der Waals surface area contributed by atoms with Gasteiger partial charge in [-0.1, -0.05) is 0 Å². The molecule has 0 aliphatic heterocycles. The molecule has 0 unspecified atom stereocenters. The Labute approximate surface area is 109 Å². The summed E-state index contributed by atoms with van der Waals surface area (Å²) in [5.41, 5.74) is 0.756. The maximum Gasteiger partial charge on any atom is 0.259 e. The first kappa shape index (κ1) is 12.9. The topological polar surface area (TPSA) is 69.6 Å². The van der Waals surface area contributed by atoms with Gasteiger partial charge < -0.3 is 15.5 Å². The molecule has 2 aromatic rings. The van der Waals surface area contributed by atoms with Crippen LogP contribution in [0.1, 0.15) is 15.9 Å². The average Bonchev–Trinajstić information content (AvgIpc) is 2.36. The van der Waals surface area contributed by atoms with Gasteiger partial charge in [0.15, 0.2) is 0 Å². The molecule has 0 saturated carbocycles. The summed E-state index contributed by atoms with van der Waals surface area (Å²) < 4.78 is 13.1. The van der Waals surface area contributed by atoms with Crippen LogP contribution in [0.3, 0.4) is 0 Å². The monoisotopic (exact) mass is 261 g/mol. The summed E-state index contributed by atoms with van der Waals surface area (Å²) in [5, 5.41) is 21.4. The SMILES string of the molecule is Cc1cc(NC(=O)c2cc(O)ccc2O)ccc1F. The molecule has 0 bridgehead atoms. The Balaban J connectivity index is 2.25. The number of hydrogen-bond acceptors (Lipinski definition) is 3. The lowest BCUT2D eigenvalue weighted by Gasteiger charge is -2.08. The van der Waals surface area contributed by atoms with Crippen LogP contribution < -0.4 is 5.32 Å². The zero-order valence-corrected chi connectivity index (χ0v) is 10.1. The molecule has 0 radical (unpaired) electrons. The van der Waals surface area contributed by atoms with E-state index in [-0.39, 0.29) is 22.9 Å². The number of rotatable bonds is 2. The Kier molecular flexibility index (Phi) is 3.37. The highest BCUT2D eigenvalue weighted by Crippen LogP contribution is 2.23. The molecule has 0 aliphatic rings. The van der Waals surface area contributed by atoms with Crippen LogP contribution in [-0.4, -0.2) is 16.1 Å². The van der Waals surface area contributed by atoms with Crippen molar-refractivity contribution in [1.29, 1.82) is 0 Å². The lowest BCUT2D eigenvalue weighted by molar-refractivity contribution is 0.102. The Hall–Kier alpha value is -2.56. The molecule has 0 spiro atoms. The predicted molar refractivity (Wildman–Crippen MR) is 68.9 cm³/mol. The molecular weight excluding hydrogens is 249 g/mol. The van der Waals surface area contributed by atoms with Crippen LogP contribution >= 0.6 is 0 Å². The number of phenols is 2. The first-order valence-electron chi connectivity index (χ1n) is 5.57. The normalized spacial score (nSPS) is 10.2. The summed E-state index contributed by atoms with van der Waals surface area (Å²) in [5.74, 6) is -1.31. The van der Waals surface area contributed by atoms with Gasteiger partial charge in [0.05, 0.1) is 5.56 Å². The van der Waals surface area contributed by atoms with Crippen LogP contribution in [0.4, 0.5) is 10.1 Å². The molecule has 0 aliphatic carbocycles. The standard InChI is InChI=1S/C14H12FNO3/c1-8-6-9(2-4-12(8)15)16-14(19)11-7-10(17)3-5-13(11)18/h2-7,17-18H,1H3,(H,16,19). The highest BCUT2D eigenvalue weighted by Gasteiger charge is 2.12. The van der Waals surface area contributed by atoms with Crippen LogP contribution in [0, 0.1) is 12.7 Å². The third-order valence-electron chi connectivity index (χ3n) is 2.64. The number of aromatic hydroxyl groups is 2. The van der Waals surface area contributed by atoms with Gasteiger partial charge in [-0.05, 0) is 48.9 Å². The number of benzene rings is 2. The lowest BCUT2D eigenvalue weighted by atomic mass is 10.1. The van der Waals surface area contributed by atoms with Crippen molar-refractivity contribution in [3.8, 4) is 11.5 Å². The average molecular weight is 261 g/mol. The van der Waals surface area contributed by atoms with Gasteiger partial charge in [0.2, 0.25) is 0 Å². The van der Waals surface area contributed by atoms with Crippen LogP contribution in [0.2, 0.25) is 0 Å². The molecule has 2 aromatic carbocycles. The number of hydrogen-bond donors (Lipinski definition) is 3. The fourth-order valence-electron chi connectivity index (χ4n) is 1.63. The van der Waals surface area contributed by atoms with Crippen molar-refractivity contribution in [2.45, 2.75) is 6.92 Å². The van der Waals surface area contributed by atoms with E-state index in [9.17, 15) is 19.4 Å². The van der Waals surface area contributed by atoms with E-state index in [1.54, 1.807) is 6.92 Å². The number of amides is 1. The summed E-state index contributed by atoms with van der Waals surface area (Å²) in [7, 11) is 0. The fourth-order valence-corrected chi connectivity index (χ4v) is 1.63. The minimum absolute atomic E-state index is 0.0537. The van der Waals surface area contributed by atoms with Gasteiger partial charge in [-0.25, -0.2) is 4.39 Å². The molecular formula is C14H12FNO3. The molecule has 2 rings (SSSR count). The number of halogens is 1. The van der Waals surface area contributed by atoms with Crippen LogP contribution in [0.15, 0.2) is 36.4 Å². The largest absolute Gasteiger partial charge is 0.508 e. The third kappa shape index (κ3) is 2.82. The number of anilines is 1. The molecule has 98 valence electrons. The number of phenolic OH excluding ortho intramolecular Hbond substituents is 2. The van der Waals surface area contributed by atoms with Crippen molar-refractivity contribution in [1.82, 2.24) is 0 Å². The van der Waals surface area contributed by atoms with Crippen LogP contribution in [-0.2, 0) is 0 Å². The molecule has 5 heteroatoms. The van der Waals surface area contributed by atoms with Crippen molar-refractivity contribution in [3.05, 3.63) is 53.3 Å². The van der Waals surface area contributed by atoms with Crippen LogP contribution in [0.5, 0.6) is 11.5 Å². The molecule has 0 heterocycles. The van der Waals surface area contributed by atoms with Gasteiger partial charge in [0.25, 0.3) is 5.91 Å². The summed E-state index contributed by atoms with van der Waals surface area (Å²) in [6.45, 7) is 1.58. The van der Waals surface area contributed by atoms with E-state index in [1.807, 2.05) is 0 Å². The molecule has 0 fully saturated rings. The van der Waals surface area contributed by atoms with E-state index in [1.165, 1.54) is 30.3 Å². The second-order valence-electron chi connectivity index (χ2n) is 4.12. The number of nitrogens with one attached hydrogen (secondary N) is 1. The van der Waals surface area contributed by atoms with E-state index in [2.05, 4.69) is 5.32 Å². The minimum atomic E-state index is -0.584. The maximum atomic E-state index is 13.1. The molecule has 4 nitrogen and oxygen atoms in total. The fraction of sp³-hybridized carbons (Fsp3) is 0.0714. The van der Waals surface area contributed by atoms with E-state index >= 15 is 0 Å². The first-order chi connectivity index (χ1) is 8.97. The smallest absolute Gasteiger partial charge is 0.259 e. The Morgan fingerprint density at radius 3 is 2.58 bits per heavy atom. The quantitative estimate of drug-likeness (QED) is 0.728. The Morgan fingerprint density at radius 2 is 1.89 bits per heavy atom. The minimum Gasteiger partial charge on any atom is -0.508 e. The van der Waals surface area contributed by atoms with E-state index in [0.29, 0.717) is 11.3 Å². The van der Waals surface area contributed by atoms with Crippen molar-refractivity contribution in [2.24, 2.45) is 0 Å². The Morgan fingerprint density at radius 1 is 1.16 bits per heavy atom. The van der Waals surface area contributed by atoms with Gasteiger partial charge in [-0.3, -0.25) is 4.79 Å². The van der Waals surface area contributed by atoms with Crippen molar-refractivity contribution < 1.29 is 19.4 Å². The van der Waals surface area contributed by atoms with E-state index in [0.717, 1.165) is 6.07 Å². The zero-order valence-electron chi connectivity index (χ0n) is 10.1. The van der Waals surface area contributed by atoms with Gasteiger partial charge in [0.1, 0.15) is 17.3 Å². The van der Waals surface area contributed by atoms with Crippen molar-refractivity contribution >= 4 is 11.6 Å². The molecule has 1 amide bonds. The summed E-state index contributed by atoms with van der Waals surface area (Å²) >= 11 is 0. The second kappa shape index (κ2) is 4.97. The molecule has 19 heavy (non-hydrogen) atoms. The molecule has 0 atom stereocenters. The Bertz CT molecular complexity index is 641. The van der Waals surface area contributed by atoms with Crippen LogP contribution in [0.25, 0.3) is 0 Å². The first-order valence-corrected chi connectivity index (χ1v) is 5.57. The van der Waals surface area contributed by atoms with Gasteiger partial charge in [0, 0.05) is 5.69 Å². The summed E-state index contributed by atoms with van der Waals surface area (Å²) in [4.78, 5) is 11.9. The summed E-state index contributed by atoms with van der Waals surface area (Å²) in [6, 6.07) is 7.79. The van der Waals surface area contributed by atoms with Gasteiger partial charge >= 0.3 is 0 Å². The maximum absolute atomic E-state index is 13.1.